The van der Waals surface area contributed by atoms with Gasteiger partial charge in [-0.05, 0) is 19.9 Å². The molecule has 18 heavy (non-hydrogen) atoms. The van der Waals surface area contributed by atoms with E-state index < -0.39 is 11.9 Å². The SMILES string of the molecule is CCN(CC(C)C(=O)O)C(=O)c1cc(C)n(C)n1. The zero-order valence-corrected chi connectivity index (χ0v) is 11.2. The van der Waals surface area contributed by atoms with Gasteiger partial charge in [0.15, 0.2) is 5.69 Å². The molecule has 1 aromatic heterocycles. The molecule has 1 unspecified atom stereocenters. The number of carboxylic acids is 1. The van der Waals surface area contributed by atoms with Crippen LogP contribution in [0.15, 0.2) is 6.07 Å². The van der Waals surface area contributed by atoms with Gasteiger partial charge in [0.2, 0.25) is 0 Å². The Morgan fingerprint density at radius 1 is 1.56 bits per heavy atom. The minimum atomic E-state index is -0.904. The topological polar surface area (TPSA) is 75.4 Å². The number of hydrogen-bond acceptors (Lipinski definition) is 3. The third-order valence-electron chi connectivity index (χ3n) is 2.92. The second-order valence-corrected chi connectivity index (χ2v) is 4.38. The molecule has 1 heterocycles. The van der Waals surface area contributed by atoms with Crippen LogP contribution in [0.2, 0.25) is 0 Å². The number of carbonyl (C=O) groups excluding carboxylic acids is 1. The number of rotatable bonds is 5. The highest BCUT2D eigenvalue weighted by Gasteiger charge is 2.22. The van der Waals surface area contributed by atoms with E-state index in [-0.39, 0.29) is 12.5 Å². The predicted octanol–water partition coefficient (Wildman–Crippen LogP) is 0.911. The first kappa shape index (κ1) is 14.2. The van der Waals surface area contributed by atoms with Crippen molar-refractivity contribution in [1.29, 1.82) is 0 Å². The highest BCUT2D eigenvalue weighted by molar-refractivity contribution is 5.92. The van der Waals surface area contributed by atoms with Crippen LogP contribution in [0.25, 0.3) is 0 Å². The summed E-state index contributed by atoms with van der Waals surface area (Å²) >= 11 is 0. The van der Waals surface area contributed by atoms with Crippen molar-refractivity contribution in [2.75, 3.05) is 13.1 Å². The lowest BCUT2D eigenvalue weighted by atomic mass is 10.1. The fourth-order valence-corrected chi connectivity index (χ4v) is 1.59. The van der Waals surface area contributed by atoms with E-state index in [0.29, 0.717) is 12.2 Å². The lowest BCUT2D eigenvalue weighted by Crippen LogP contribution is -2.37. The van der Waals surface area contributed by atoms with Crippen LogP contribution < -0.4 is 0 Å². The van der Waals surface area contributed by atoms with E-state index in [9.17, 15) is 9.59 Å². The largest absolute Gasteiger partial charge is 0.481 e. The third kappa shape index (κ3) is 3.09. The predicted molar refractivity (Wildman–Crippen MR) is 66.3 cm³/mol. The third-order valence-corrected chi connectivity index (χ3v) is 2.92. The number of hydrogen-bond donors (Lipinski definition) is 1. The Kier molecular flexibility index (Phi) is 4.47. The van der Waals surface area contributed by atoms with E-state index >= 15 is 0 Å². The summed E-state index contributed by atoms with van der Waals surface area (Å²) in [5.74, 6) is -1.72. The molecule has 1 amide bonds. The summed E-state index contributed by atoms with van der Waals surface area (Å²) < 4.78 is 1.63. The number of carboxylic acid groups (broad SMARTS) is 1. The Balaban J connectivity index is 2.82. The monoisotopic (exact) mass is 253 g/mol. The van der Waals surface area contributed by atoms with E-state index in [1.807, 2.05) is 13.8 Å². The summed E-state index contributed by atoms with van der Waals surface area (Å²) in [4.78, 5) is 24.5. The van der Waals surface area contributed by atoms with Gasteiger partial charge >= 0.3 is 5.97 Å². The minimum Gasteiger partial charge on any atom is -0.481 e. The number of amides is 1. The van der Waals surface area contributed by atoms with E-state index in [0.717, 1.165) is 5.69 Å². The smallest absolute Gasteiger partial charge is 0.308 e. The Bertz CT molecular complexity index is 434. The van der Waals surface area contributed by atoms with Crippen LogP contribution in [0.3, 0.4) is 0 Å². The molecule has 1 N–H and O–H groups in total. The molecule has 0 bridgehead atoms. The number of aromatic nitrogens is 2. The molecule has 1 atom stereocenters. The second kappa shape index (κ2) is 5.66. The van der Waals surface area contributed by atoms with Gasteiger partial charge < -0.3 is 10.0 Å². The van der Waals surface area contributed by atoms with E-state index in [2.05, 4.69) is 5.10 Å². The minimum absolute atomic E-state index is 0.195. The van der Waals surface area contributed by atoms with Crippen LogP contribution in [-0.4, -0.2) is 44.8 Å². The van der Waals surface area contributed by atoms with Gasteiger partial charge in [-0.25, -0.2) is 0 Å². The van der Waals surface area contributed by atoms with Crippen LogP contribution in [0.4, 0.5) is 0 Å². The molecule has 0 aliphatic carbocycles. The van der Waals surface area contributed by atoms with Crippen LogP contribution >= 0.6 is 0 Å². The fraction of sp³-hybridized carbons (Fsp3) is 0.583. The normalized spacial score (nSPS) is 12.2. The highest BCUT2D eigenvalue weighted by atomic mass is 16.4. The number of nitrogens with zero attached hydrogens (tertiary/aromatic N) is 3. The van der Waals surface area contributed by atoms with Crippen molar-refractivity contribution in [3.63, 3.8) is 0 Å². The van der Waals surface area contributed by atoms with Crippen molar-refractivity contribution in [1.82, 2.24) is 14.7 Å². The van der Waals surface area contributed by atoms with Crippen molar-refractivity contribution in [2.24, 2.45) is 13.0 Å². The highest BCUT2D eigenvalue weighted by Crippen LogP contribution is 2.08. The first-order valence-electron chi connectivity index (χ1n) is 5.89. The Morgan fingerprint density at radius 3 is 2.56 bits per heavy atom. The van der Waals surface area contributed by atoms with Crippen LogP contribution in [0.5, 0.6) is 0 Å². The quantitative estimate of drug-likeness (QED) is 0.846. The van der Waals surface area contributed by atoms with Crippen molar-refractivity contribution < 1.29 is 14.7 Å². The molecule has 0 saturated heterocycles. The molecule has 6 heteroatoms. The number of carbonyl (C=O) groups is 2. The van der Waals surface area contributed by atoms with Crippen molar-refractivity contribution in [2.45, 2.75) is 20.8 Å². The van der Waals surface area contributed by atoms with E-state index in [1.165, 1.54) is 4.90 Å². The molecule has 1 aromatic rings. The van der Waals surface area contributed by atoms with Gasteiger partial charge in [-0.1, -0.05) is 6.92 Å². The van der Waals surface area contributed by atoms with Gasteiger partial charge in [-0.15, -0.1) is 0 Å². The summed E-state index contributed by atoms with van der Waals surface area (Å²) in [6.45, 7) is 5.93. The average Bonchev–Trinajstić information content (AvgIpc) is 2.65. The zero-order valence-electron chi connectivity index (χ0n) is 11.2. The maximum atomic E-state index is 12.2. The Hall–Kier alpha value is -1.85. The molecule has 0 radical (unpaired) electrons. The van der Waals surface area contributed by atoms with Gasteiger partial charge in [-0.2, -0.15) is 5.10 Å². The molecule has 0 saturated carbocycles. The summed E-state index contributed by atoms with van der Waals surface area (Å²) in [5, 5.41) is 13.0. The van der Waals surface area contributed by atoms with Crippen molar-refractivity contribution >= 4 is 11.9 Å². The molecular weight excluding hydrogens is 234 g/mol. The Labute approximate surface area is 106 Å². The molecule has 0 aliphatic rings. The van der Waals surface area contributed by atoms with Gasteiger partial charge in [0.1, 0.15) is 0 Å². The molecular formula is C12H19N3O3. The van der Waals surface area contributed by atoms with Gasteiger partial charge in [-0.3, -0.25) is 14.3 Å². The molecule has 0 fully saturated rings. The maximum Gasteiger partial charge on any atom is 0.308 e. The zero-order chi connectivity index (χ0) is 13.9. The number of aliphatic carboxylic acids is 1. The van der Waals surface area contributed by atoms with Crippen LogP contribution in [0.1, 0.15) is 30.0 Å². The van der Waals surface area contributed by atoms with Crippen molar-refractivity contribution in [3.05, 3.63) is 17.5 Å². The Morgan fingerprint density at radius 2 is 2.17 bits per heavy atom. The summed E-state index contributed by atoms with van der Waals surface area (Å²) in [6.07, 6.45) is 0. The number of aryl methyl sites for hydroxylation is 2. The van der Waals surface area contributed by atoms with Crippen LogP contribution in [-0.2, 0) is 11.8 Å². The molecule has 0 aromatic carbocycles. The first-order chi connectivity index (χ1) is 8.36. The molecule has 6 nitrogen and oxygen atoms in total. The molecule has 1 rings (SSSR count). The van der Waals surface area contributed by atoms with Gasteiger partial charge in [0.25, 0.3) is 5.91 Å². The standard InChI is InChI=1S/C12H19N3O3/c1-5-15(7-8(2)12(17)18)11(16)10-6-9(3)14(4)13-10/h6,8H,5,7H2,1-4H3,(H,17,18). The first-order valence-corrected chi connectivity index (χ1v) is 5.89. The van der Waals surface area contributed by atoms with E-state index in [4.69, 9.17) is 5.11 Å². The van der Waals surface area contributed by atoms with Gasteiger partial charge in [0, 0.05) is 25.8 Å². The summed E-state index contributed by atoms with van der Waals surface area (Å²) in [7, 11) is 1.77. The molecule has 0 spiro atoms. The van der Waals surface area contributed by atoms with Crippen LogP contribution in [0, 0.1) is 12.8 Å². The lowest BCUT2D eigenvalue weighted by Gasteiger charge is -2.21. The second-order valence-electron chi connectivity index (χ2n) is 4.38. The summed E-state index contributed by atoms with van der Waals surface area (Å²) in [5.41, 5.74) is 1.25. The fourth-order valence-electron chi connectivity index (χ4n) is 1.59. The van der Waals surface area contributed by atoms with Gasteiger partial charge in [0.05, 0.1) is 5.92 Å². The molecule has 0 aliphatic heterocycles. The summed E-state index contributed by atoms with van der Waals surface area (Å²) in [6, 6.07) is 1.70. The average molecular weight is 253 g/mol. The molecule has 100 valence electrons. The lowest BCUT2D eigenvalue weighted by molar-refractivity contribution is -0.141. The maximum absolute atomic E-state index is 12.2. The van der Waals surface area contributed by atoms with Crippen molar-refractivity contribution in [3.8, 4) is 0 Å². The van der Waals surface area contributed by atoms with E-state index in [1.54, 1.807) is 24.7 Å².